The number of pyridine rings is 1. The number of benzene rings is 2. The Morgan fingerprint density at radius 3 is 2.88 bits per heavy atom. The van der Waals surface area contributed by atoms with E-state index in [4.69, 9.17) is 4.42 Å². The van der Waals surface area contributed by atoms with Crippen LogP contribution in [0.25, 0.3) is 22.0 Å². The van der Waals surface area contributed by atoms with Gasteiger partial charge in [-0.3, -0.25) is 14.8 Å². The van der Waals surface area contributed by atoms with E-state index >= 15 is 0 Å². The average Bonchev–Trinajstić information content (AvgIpc) is 2.93. The molecule has 0 aliphatic carbocycles. The van der Waals surface area contributed by atoms with Gasteiger partial charge in [0.05, 0.1) is 16.6 Å². The summed E-state index contributed by atoms with van der Waals surface area (Å²) in [7, 11) is 0. The number of hydrogen-bond donors (Lipinski definition) is 2. The molecule has 2 aromatic carbocycles. The van der Waals surface area contributed by atoms with Crippen molar-refractivity contribution in [2.24, 2.45) is 0 Å². The maximum Gasteiger partial charge on any atom is 0.417 e. The number of oxazole rings is 1. The first-order valence-electron chi connectivity index (χ1n) is 7.41. The lowest BCUT2D eigenvalue weighted by Gasteiger charge is -2.09. The molecule has 0 bridgehead atoms. The van der Waals surface area contributed by atoms with Gasteiger partial charge in [-0.15, -0.1) is 0 Å². The van der Waals surface area contributed by atoms with E-state index in [-0.39, 0.29) is 5.91 Å². The number of H-pyrrole nitrogens is 1. The molecule has 2 N–H and O–H groups in total. The Morgan fingerprint density at radius 2 is 2.00 bits per heavy atom. The molecule has 0 atom stereocenters. The summed E-state index contributed by atoms with van der Waals surface area (Å²) in [5, 5.41) is 3.64. The fourth-order valence-corrected chi connectivity index (χ4v) is 2.72. The van der Waals surface area contributed by atoms with E-state index < -0.39 is 5.76 Å². The average molecular weight is 319 g/mol. The largest absolute Gasteiger partial charge is 0.417 e. The Hall–Kier alpha value is -3.41. The highest BCUT2D eigenvalue weighted by molar-refractivity contribution is 6.12. The first-order valence-corrected chi connectivity index (χ1v) is 7.41. The molecule has 118 valence electrons. The Morgan fingerprint density at radius 1 is 1.17 bits per heavy atom. The van der Waals surface area contributed by atoms with Crippen molar-refractivity contribution in [3.63, 3.8) is 0 Å². The van der Waals surface area contributed by atoms with E-state index in [0.717, 1.165) is 16.6 Å². The number of aryl methyl sites for hydroxylation is 1. The number of aromatic amines is 1. The van der Waals surface area contributed by atoms with Gasteiger partial charge >= 0.3 is 5.76 Å². The number of carbonyl (C=O) groups is 1. The van der Waals surface area contributed by atoms with Crippen molar-refractivity contribution in [1.29, 1.82) is 0 Å². The van der Waals surface area contributed by atoms with Gasteiger partial charge in [0, 0.05) is 16.8 Å². The zero-order valence-electron chi connectivity index (χ0n) is 12.8. The van der Waals surface area contributed by atoms with Gasteiger partial charge in [0.1, 0.15) is 0 Å². The van der Waals surface area contributed by atoms with Crippen molar-refractivity contribution >= 4 is 33.6 Å². The summed E-state index contributed by atoms with van der Waals surface area (Å²) in [6.45, 7) is 1.85. The van der Waals surface area contributed by atoms with Gasteiger partial charge in [-0.25, -0.2) is 4.79 Å². The van der Waals surface area contributed by atoms with E-state index in [9.17, 15) is 9.59 Å². The second kappa shape index (κ2) is 5.34. The highest BCUT2D eigenvalue weighted by atomic mass is 16.4. The smallest absolute Gasteiger partial charge is 0.408 e. The molecule has 0 fully saturated rings. The monoisotopic (exact) mass is 319 g/mol. The van der Waals surface area contributed by atoms with Crippen molar-refractivity contribution in [3.05, 3.63) is 70.3 Å². The number of aromatic nitrogens is 2. The summed E-state index contributed by atoms with van der Waals surface area (Å²) >= 11 is 0. The van der Waals surface area contributed by atoms with E-state index in [1.807, 2.05) is 31.2 Å². The highest BCUT2D eigenvalue weighted by Gasteiger charge is 2.13. The lowest BCUT2D eigenvalue weighted by atomic mass is 10.1. The molecule has 4 rings (SSSR count). The van der Waals surface area contributed by atoms with Crippen LogP contribution in [0.4, 0.5) is 5.69 Å². The molecular weight excluding hydrogens is 306 g/mol. The molecule has 0 saturated carbocycles. The maximum atomic E-state index is 12.7. The van der Waals surface area contributed by atoms with E-state index in [1.54, 1.807) is 24.3 Å². The minimum Gasteiger partial charge on any atom is -0.408 e. The van der Waals surface area contributed by atoms with Gasteiger partial charge in [-0.05, 0) is 37.3 Å². The lowest BCUT2D eigenvalue weighted by Crippen LogP contribution is -2.13. The standard InChI is InChI=1S/C18H13N3O3/c1-10-8-13(12-4-2-3-5-14(12)19-10)17(22)20-11-6-7-16-15(9-11)21-18(23)24-16/h2-9H,1H3,(H,20,22)(H,21,23). The van der Waals surface area contributed by atoms with Crippen LogP contribution < -0.4 is 11.1 Å². The molecular formula is C18H13N3O3. The fourth-order valence-electron chi connectivity index (χ4n) is 2.72. The summed E-state index contributed by atoms with van der Waals surface area (Å²) < 4.78 is 4.95. The van der Waals surface area contributed by atoms with Crippen molar-refractivity contribution in [2.75, 3.05) is 5.32 Å². The van der Waals surface area contributed by atoms with Crippen LogP contribution in [-0.4, -0.2) is 15.9 Å². The number of rotatable bonds is 2. The highest BCUT2D eigenvalue weighted by Crippen LogP contribution is 2.21. The van der Waals surface area contributed by atoms with Gasteiger partial charge in [0.15, 0.2) is 5.58 Å². The van der Waals surface area contributed by atoms with Gasteiger partial charge in [-0.1, -0.05) is 18.2 Å². The minimum absolute atomic E-state index is 0.234. The number of para-hydroxylation sites is 1. The van der Waals surface area contributed by atoms with Gasteiger partial charge in [0.25, 0.3) is 5.91 Å². The number of nitrogens with one attached hydrogen (secondary N) is 2. The molecule has 2 aromatic heterocycles. The third kappa shape index (κ3) is 2.44. The molecule has 2 heterocycles. The Balaban J connectivity index is 1.74. The summed E-state index contributed by atoms with van der Waals surface area (Å²) in [6.07, 6.45) is 0. The van der Waals surface area contributed by atoms with Crippen molar-refractivity contribution in [1.82, 2.24) is 9.97 Å². The van der Waals surface area contributed by atoms with Crippen LogP contribution in [0, 0.1) is 6.92 Å². The van der Waals surface area contributed by atoms with Crippen LogP contribution in [0.2, 0.25) is 0 Å². The van der Waals surface area contributed by atoms with Gasteiger partial charge in [-0.2, -0.15) is 0 Å². The van der Waals surface area contributed by atoms with Crippen LogP contribution in [-0.2, 0) is 0 Å². The fraction of sp³-hybridized carbons (Fsp3) is 0.0556. The number of amides is 1. The second-order valence-corrected chi connectivity index (χ2v) is 5.51. The Bertz CT molecular complexity index is 1140. The summed E-state index contributed by atoms with van der Waals surface area (Å²) in [4.78, 5) is 30.9. The zero-order valence-corrected chi connectivity index (χ0v) is 12.8. The third-order valence-corrected chi connectivity index (χ3v) is 3.77. The van der Waals surface area contributed by atoms with Crippen LogP contribution in [0.1, 0.15) is 16.1 Å². The molecule has 4 aromatic rings. The van der Waals surface area contributed by atoms with Gasteiger partial charge in [0.2, 0.25) is 0 Å². The number of fused-ring (bicyclic) bond motifs is 2. The lowest BCUT2D eigenvalue weighted by molar-refractivity contribution is 0.102. The maximum absolute atomic E-state index is 12.7. The second-order valence-electron chi connectivity index (χ2n) is 5.51. The molecule has 24 heavy (non-hydrogen) atoms. The van der Waals surface area contributed by atoms with Crippen molar-refractivity contribution < 1.29 is 9.21 Å². The molecule has 0 saturated heterocycles. The van der Waals surface area contributed by atoms with E-state index in [2.05, 4.69) is 15.3 Å². The Labute approximate surface area is 136 Å². The SMILES string of the molecule is Cc1cc(C(=O)Nc2ccc3oc(=O)[nH]c3c2)c2ccccc2n1. The third-order valence-electron chi connectivity index (χ3n) is 3.77. The molecule has 0 unspecified atom stereocenters. The molecule has 0 aliphatic rings. The van der Waals surface area contributed by atoms with Gasteiger partial charge < -0.3 is 9.73 Å². The molecule has 0 aliphatic heterocycles. The quantitative estimate of drug-likeness (QED) is 0.594. The van der Waals surface area contributed by atoms with Crippen LogP contribution in [0.15, 0.2) is 57.7 Å². The first-order chi connectivity index (χ1) is 11.6. The topological polar surface area (TPSA) is 88.0 Å². The zero-order chi connectivity index (χ0) is 16.7. The molecule has 0 radical (unpaired) electrons. The van der Waals surface area contributed by atoms with Crippen molar-refractivity contribution in [3.8, 4) is 0 Å². The number of anilines is 1. The number of nitrogens with zero attached hydrogens (tertiary/aromatic N) is 1. The summed E-state index contributed by atoms with van der Waals surface area (Å²) in [5.74, 6) is -0.758. The Kier molecular flexibility index (Phi) is 3.16. The first kappa shape index (κ1) is 14.2. The normalized spacial score (nSPS) is 11.0. The summed E-state index contributed by atoms with van der Waals surface area (Å²) in [6, 6.07) is 14.3. The summed E-state index contributed by atoms with van der Waals surface area (Å²) in [5.41, 5.74) is 3.66. The molecule has 1 amide bonds. The van der Waals surface area contributed by atoms with E-state index in [1.165, 1.54) is 0 Å². The predicted molar refractivity (Wildman–Crippen MR) is 91.3 cm³/mol. The molecule has 6 nitrogen and oxygen atoms in total. The number of carbonyl (C=O) groups excluding carboxylic acids is 1. The van der Waals surface area contributed by atoms with Crippen LogP contribution >= 0.6 is 0 Å². The van der Waals surface area contributed by atoms with Crippen LogP contribution in [0.5, 0.6) is 0 Å². The molecule has 0 spiro atoms. The van der Waals surface area contributed by atoms with Crippen molar-refractivity contribution in [2.45, 2.75) is 6.92 Å². The predicted octanol–water partition coefficient (Wildman–Crippen LogP) is 3.23. The minimum atomic E-state index is -0.524. The molecule has 6 heteroatoms. The van der Waals surface area contributed by atoms with E-state index in [0.29, 0.717) is 22.4 Å². The van der Waals surface area contributed by atoms with Crippen LogP contribution in [0.3, 0.4) is 0 Å². The number of hydrogen-bond acceptors (Lipinski definition) is 4.